The van der Waals surface area contributed by atoms with E-state index in [1.807, 2.05) is 18.2 Å². The first-order chi connectivity index (χ1) is 6.74. The number of hydrogen-bond donors (Lipinski definition) is 0. The van der Waals surface area contributed by atoms with E-state index in [4.69, 9.17) is 18.2 Å². The zero-order valence-corrected chi connectivity index (χ0v) is 8.72. The number of hydrogen-bond acceptors (Lipinski definition) is 0. The Hall–Kier alpha value is -1.00. The van der Waals surface area contributed by atoms with Crippen LogP contribution in [-0.4, -0.2) is 5.54 Å². The van der Waals surface area contributed by atoms with Crippen LogP contribution in [0.1, 0.15) is 24.8 Å². The molecule has 0 radical (unpaired) electrons. The van der Waals surface area contributed by atoms with E-state index in [-0.39, 0.29) is 5.54 Å². The number of halogens is 1. The van der Waals surface area contributed by atoms with Crippen molar-refractivity contribution in [1.82, 2.24) is 0 Å². The zero-order valence-electron chi connectivity index (χ0n) is 7.96. The van der Waals surface area contributed by atoms with Gasteiger partial charge in [-0.05, 0) is 24.1 Å². The summed E-state index contributed by atoms with van der Waals surface area (Å²) in [6.45, 7) is 7.20. The summed E-state index contributed by atoms with van der Waals surface area (Å²) in [6.07, 6.45) is 4.14. The zero-order chi connectivity index (χ0) is 10.0. The molecular formula is C12H12ClN. The lowest BCUT2D eigenvalue weighted by Crippen LogP contribution is -2.35. The molecule has 1 aromatic rings. The molecule has 72 valence electrons. The second kappa shape index (κ2) is 3.63. The van der Waals surface area contributed by atoms with Crippen LogP contribution in [0.2, 0.25) is 5.02 Å². The number of benzene rings is 1. The molecule has 1 nitrogen and oxygen atoms in total. The summed E-state index contributed by atoms with van der Waals surface area (Å²) >= 11 is 5.90. The Balaban J connectivity index is 2.14. The Bertz CT molecular complexity index is 374. The summed E-state index contributed by atoms with van der Waals surface area (Å²) in [5, 5.41) is 0.766. The summed E-state index contributed by atoms with van der Waals surface area (Å²) in [7, 11) is 0. The maximum atomic E-state index is 7.20. The van der Waals surface area contributed by atoms with E-state index in [0.29, 0.717) is 0 Å². The first-order valence-electron chi connectivity index (χ1n) is 4.87. The summed E-state index contributed by atoms with van der Waals surface area (Å²) in [5.74, 6) is 0. The van der Waals surface area contributed by atoms with Gasteiger partial charge in [0.05, 0.1) is 6.42 Å². The van der Waals surface area contributed by atoms with Gasteiger partial charge >= 0.3 is 0 Å². The fraction of sp³-hybridized carbons (Fsp3) is 0.417. The van der Waals surface area contributed by atoms with Crippen molar-refractivity contribution in [1.29, 1.82) is 0 Å². The SMILES string of the molecule is [C-]#[N+]C1(Cc2cccc(Cl)c2)CCC1. The van der Waals surface area contributed by atoms with Crippen molar-refractivity contribution in [3.05, 3.63) is 46.3 Å². The van der Waals surface area contributed by atoms with E-state index in [2.05, 4.69) is 10.9 Å². The van der Waals surface area contributed by atoms with Crippen molar-refractivity contribution >= 4 is 11.6 Å². The van der Waals surface area contributed by atoms with Crippen molar-refractivity contribution in [3.63, 3.8) is 0 Å². The third-order valence-electron chi connectivity index (χ3n) is 2.94. The summed E-state index contributed by atoms with van der Waals surface area (Å²) < 4.78 is 0. The predicted molar refractivity (Wildman–Crippen MR) is 58.3 cm³/mol. The molecule has 14 heavy (non-hydrogen) atoms. The van der Waals surface area contributed by atoms with E-state index < -0.39 is 0 Å². The fourth-order valence-electron chi connectivity index (χ4n) is 1.94. The Morgan fingerprint density at radius 2 is 2.21 bits per heavy atom. The fourth-order valence-corrected chi connectivity index (χ4v) is 2.15. The molecule has 0 aliphatic heterocycles. The second-order valence-corrected chi connectivity index (χ2v) is 4.43. The molecule has 0 heterocycles. The predicted octanol–water partition coefficient (Wildman–Crippen LogP) is 3.72. The van der Waals surface area contributed by atoms with Crippen LogP contribution in [0.5, 0.6) is 0 Å². The normalized spacial score (nSPS) is 18.3. The molecule has 0 atom stereocenters. The molecule has 0 amide bonds. The minimum atomic E-state index is -0.106. The molecule has 0 unspecified atom stereocenters. The average Bonchev–Trinajstić information content (AvgIpc) is 2.11. The molecule has 0 spiro atoms. The molecule has 1 aliphatic rings. The van der Waals surface area contributed by atoms with Gasteiger partial charge in [0.1, 0.15) is 0 Å². The van der Waals surface area contributed by atoms with Crippen molar-refractivity contribution in [2.45, 2.75) is 31.2 Å². The molecule has 1 aliphatic carbocycles. The minimum absolute atomic E-state index is 0.106. The van der Waals surface area contributed by atoms with Crippen LogP contribution in [0.3, 0.4) is 0 Å². The molecule has 1 fully saturated rings. The van der Waals surface area contributed by atoms with E-state index in [1.165, 1.54) is 12.0 Å². The van der Waals surface area contributed by atoms with Gasteiger partial charge in [-0.1, -0.05) is 23.7 Å². The highest BCUT2D eigenvalue weighted by atomic mass is 35.5. The maximum absolute atomic E-state index is 7.20. The lowest BCUT2D eigenvalue weighted by molar-refractivity contribution is 0.301. The molecule has 0 N–H and O–H groups in total. The molecule has 0 bridgehead atoms. The molecule has 1 aromatic carbocycles. The lowest BCUT2D eigenvalue weighted by atomic mass is 9.73. The van der Waals surface area contributed by atoms with E-state index >= 15 is 0 Å². The molecule has 0 saturated heterocycles. The molecule has 0 aromatic heterocycles. The quantitative estimate of drug-likeness (QED) is 0.649. The van der Waals surface area contributed by atoms with Crippen molar-refractivity contribution in [3.8, 4) is 0 Å². The van der Waals surface area contributed by atoms with E-state index in [9.17, 15) is 0 Å². The largest absolute Gasteiger partial charge is 0.310 e. The van der Waals surface area contributed by atoms with Crippen LogP contribution >= 0.6 is 11.6 Å². The van der Waals surface area contributed by atoms with Crippen molar-refractivity contribution in [2.75, 3.05) is 0 Å². The Morgan fingerprint density at radius 3 is 2.71 bits per heavy atom. The van der Waals surface area contributed by atoms with Crippen LogP contribution in [0.25, 0.3) is 4.85 Å². The van der Waals surface area contributed by atoms with Crippen LogP contribution in [0.15, 0.2) is 24.3 Å². The van der Waals surface area contributed by atoms with Crippen molar-refractivity contribution in [2.24, 2.45) is 0 Å². The van der Waals surface area contributed by atoms with Gasteiger partial charge in [-0.15, -0.1) is 0 Å². The third-order valence-corrected chi connectivity index (χ3v) is 3.18. The Kier molecular flexibility index (Phi) is 2.48. The first-order valence-corrected chi connectivity index (χ1v) is 5.25. The third kappa shape index (κ3) is 1.76. The van der Waals surface area contributed by atoms with Crippen LogP contribution in [-0.2, 0) is 6.42 Å². The van der Waals surface area contributed by atoms with Gasteiger partial charge in [-0.2, -0.15) is 0 Å². The highest BCUT2D eigenvalue weighted by Gasteiger charge is 2.43. The topological polar surface area (TPSA) is 4.36 Å². The van der Waals surface area contributed by atoms with Crippen molar-refractivity contribution < 1.29 is 0 Å². The monoisotopic (exact) mass is 205 g/mol. The van der Waals surface area contributed by atoms with Gasteiger partial charge in [-0.3, -0.25) is 0 Å². The summed E-state index contributed by atoms with van der Waals surface area (Å²) in [5.41, 5.74) is 1.08. The van der Waals surface area contributed by atoms with Gasteiger partial charge in [0.2, 0.25) is 5.54 Å². The summed E-state index contributed by atoms with van der Waals surface area (Å²) in [4.78, 5) is 3.76. The van der Waals surface area contributed by atoms with Gasteiger partial charge in [0.15, 0.2) is 0 Å². The van der Waals surface area contributed by atoms with E-state index in [1.54, 1.807) is 0 Å². The lowest BCUT2D eigenvalue weighted by Gasteiger charge is -2.30. The Labute approximate surface area is 89.5 Å². The molecule has 1 saturated carbocycles. The smallest absolute Gasteiger partial charge is 0.236 e. The second-order valence-electron chi connectivity index (χ2n) is 4.00. The van der Waals surface area contributed by atoms with Gasteiger partial charge in [-0.25, -0.2) is 6.57 Å². The summed E-state index contributed by atoms with van der Waals surface area (Å²) in [6, 6.07) is 7.84. The minimum Gasteiger partial charge on any atom is -0.310 e. The number of rotatable bonds is 2. The average molecular weight is 206 g/mol. The number of nitrogens with zero attached hydrogens (tertiary/aromatic N) is 1. The highest BCUT2D eigenvalue weighted by molar-refractivity contribution is 6.30. The van der Waals surface area contributed by atoms with Crippen LogP contribution < -0.4 is 0 Å². The Morgan fingerprint density at radius 1 is 1.43 bits per heavy atom. The molecular weight excluding hydrogens is 194 g/mol. The molecule has 2 rings (SSSR count). The standard InChI is InChI=1S/C12H12ClN/c1-14-12(6-3-7-12)9-10-4-2-5-11(13)8-10/h2,4-5,8H,3,6-7,9H2. The molecule has 2 heteroatoms. The highest BCUT2D eigenvalue weighted by Crippen LogP contribution is 2.38. The van der Waals surface area contributed by atoms with Crippen LogP contribution in [0, 0.1) is 6.57 Å². The first kappa shape index (κ1) is 9.55. The van der Waals surface area contributed by atoms with Gasteiger partial charge in [0, 0.05) is 17.9 Å². The van der Waals surface area contributed by atoms with E-state index in [0.717, 1.165) is 24.3 Å². The van der Waals surface area contributed by atoms with Crippen LogP contribution in [0.4, 0.5) is 0 Å². The van der Waals surface area contributed by atoms with Gasteiger partial charge in [0.25, 0.3) is 0 Å². The maximum Gasteiger partial charge on any atom is 0.236 e. The van der Waals surface area contributed by atoms with Gasteiger partial charge < -0.3 is 4.85 Å².